The SMILES string of the molecule is Cc1ccc([PH3+])cc1. The fraction of sp³-hybridized carbons (Fsp3) is 0.143. The molecule has 0 aliphatic rings. The second kappa shape index (κ2) is 2.28. The van der Waals surface area contributed by atoms with Crippen LogP contribution in [-0.4, -0.2) is 0 Å². The van der Waals surface area contributed by atoms with Gasteiger partial charge in [0, 0.05) is 9.24 Å². The minimum atomic E-state index is 1.33. The van der Waals surface area contributed by atoms with Crippen molar-refractivity contribution in [3.63, 3.8) is 0 Å². The van der Waals surface area contributed by atoms with Gasteiger partial charge in [-0.25, -0.2) is 0 Å². The second-order valence-electron chi connectivity index (χ2n) is 1.99. The summed E-state index contributed by atoms with van der Waals surface area (Å²) in [7, 11) is 1.91. The predicted molar refractivity (Wildman–Crippen MR) is 41.9 cm³/mol. The highest BCUT2D eigenvalue weighted by Gasteiger charge is 1.84. The molecule has 0 aliphatic carbocycles. The summed E-state index contributed by atoms with van der Waals surface area (Å²) in [6.07, 6.45) is 0. The molecular weight excluding hydrogens is 115 g/mol. The summed E-state index contributed by atoms with van der Waals surface area (Å²) in [5.41, 5.74) is 1.33. The zero-order valence-electron chi connectivity index (χ0n) is 5.02. The monoisotopic (exact) mass is 125 g/mol. The van der Waals surface area contributed by atoms with E-state index >= 15 is 0 Å². The topological polar surface area (TPSA) is 0 Å². The van der Waals surface area contributed by atoms with Crippen molar-refractivity contribution in [2.45, 2.75) is 6.92 Å². The van der Waals surface area contributed by atoms with E-state index in [2.05, 4.69) is 31.2 Å². The highest BCUT2D eigenvalue weighted by molar-refractivity contribution is 7.27. The molecule has 0 saturated heterocycles. The zero-order valence-corrected chi connectivity index (χ0v) is 6.43. The van der Waals surface area contributed by atoms with E-state index in [1.807, 2.05) is 9.24 Å². The fourth-order valence-corrected chi connectivity index (χ4v) is 0.824. The first kappa shape index (κ1) is 5.78. The lowest BCUT2D eigenvalue weighted by molar-refractivity contribution is 1.49. The standard InChI is InChI=1S/C7H9P/c1-6-2-4-7(8)5-3-6/h2-5H,8H2,1H3/p+1. The van der Waals surface area contributed by atoms with Crippen LogP contribution in [0.3, 0.4) is 0 Å². The van der Waals surface area contributed by atoms with E-state index in [4.69, 9.17) is 0 Å². The van der Waals surface area contributed by atoms with Gasteiger partial charge in [-0.05, 0) is 19.1 Å². The molecule has 1 aromatic carbocycles. The Labute approximate surface area is 52.1 Å². The van der Waals surface area contributed by atoms with Crippen LogP contribution >= 0.6 is 9.24 Å². The van der Waals surface area contributed by atoms with Crippen LogP contribution in [0.15, 0.2) is 24.3 Å². The minimum absolute atomic E-state index is 1.33. The first-order valence-corrected chi connectivity index (χ1v) is 3.38. The molecule has 0 spiro atoms. The highest BCUT2D eigenvalue weighted by atomic mass is 31.0. The maximum atomic E-state index is 2.13. The number of rotatable bonds is 0. The Bertz CT molecular complexity index is 143. The van der Waals surface area contributed by atoms with Crippen LogP contribution < -0.4 is 5.30 Å². The number of benzene rings is 1. The van der Waals surface area contributed by atoms with E-state index < -0.39 is 0 Å². The molecule has 1 aromatic rings. The summed E-state index contributed by atoms with van der Waals surface area (Å²) in [5.74, 6) is 0. The third-order valence-electron chi connectivity index (χ3n) is 1.12. The Morgan fingerprint density at radius 1 is 1.12 bits per heavy atom. The third kappa shape index (κ3) is 1.31. The molecule has 42 valence electrons. The lowest BCUT2D eigenvalue weighted by Gasteiger charge is -1.86. The van der Waals surface area contributed by atoms with Gasteiger partial charge in [0.15, 0.2) is 0 Å². The Morgan fingerprint density at radius 3 is 2.00 bits per heavy atom. The average molecular weight is 125 g/mol. The summed E-state index contributed by atoms with van der Waals surface area (Å²) in [4.78, 5) is 0. The van der Waals surface area contributed by atoms with Crippen LogP contribution in [0.4, 0.5) is 0 Å². The van der Waals surface area contributed by atoms with E-state index in [1.54, 1.807) is 0 Å². The van der Waals surface area contributed by atoms with Crippen molar-refractivity contribution >= 4 is 14.5 Å². The van der Waals surface area contributed by atoms with Gasteiger partial charge in [-0.3, -0.25) is 0 Å². The molecule has 0 radical (unpaired) electrons. The normalized spacial score (nSPS) is 9.62. The number of hydrogen-bond acceptors (Lipinski definition) is 0. The molecule has 0 nitrogen and oxygen atoms in total. The molecule has 8 heavy (non-hydrogen) atoms. The zero-order chi connectivity index (χ0) is 5.98. The minimum Gasteiger partial charge on any atom is -0.0554 e. The summed E-state index contributed by atoms with van der Waals surface area (Å²) in [6, 6.07) is 8.52. The van der Waals surface area contributed by atoms with Crippen LogP contribution in [0.5, 0.6) is 0 Å². The molecular formula is C7H10P+. The smallest absolute Gasteiger partial charge is 0.0554 e. The van der Waals surface area contributed by atoms with Crippen molar-refractivity contribution in [2.75, 3.05) is 0 Å². The number of hydrogen-bond donors (Lipinski definition) is 0. The first-order chi connectivity index (χ1) is 3.79. The predicted octanol–water partition coefficient (Wildman–Crippen LogP) is 1.23. The summed E-state index contributed by atoms with van der Waals surface area (Å²) in [5, 5.41) is 1.36. The number of aryl methyl sites for hydroxylation is 1. The molecule has 0 N–H and O–H groups in total. The molecule has 0 aliphatic heterocycles. The van der Waals surface area contributed by atoms with Crippen LogP contribution in [0.2, 0.25) is 0 Å². The van der Waals surface area contributed by atoms with E-state index in [0.29, 0.717) is 0 Å². The highest BCUT2D eigenvalue weighted by Crippen LogP contribution is 1.94. The molecule has 1 rings (SSSR count). The maximum absolute atomic E-state index is 2.13. The van der Waals surface area contributed by atoms with Crippen molar-refractivity contribution in [1.82, 2.24) is 0 Å². The summed E-state index contributed by atoms with van der Waals surface area (Å²) >= 11 is 0. The Morgan fingerprint density at radius 2 is 1.62 bits per heavy atom. The van der Waals surface area contributed by atoms with Crippen LogP contribution in [0.1, 0.15) is 5.56 Å². The van der Waals surface area contributed by atoms with Gasteiger partial charge in [0.1, 0.15) is 0 Å². The van der Waals surface area contributed by atoms with Gasteiger partial charge in [-0.1, -0.05) is 17.7 Å². The van der Waals surface area contributed by atoms with Gasteiger partial charge >= 0.3 is 0 Å². The molecule has 0 amide bonds. The van der Waals surface area contributed by atoms with Gasteiger partial charge in [0.05, 0.1) is 5.30 Å². The van der Waals surface area contributed by atoms with Crippen molar-refractivity contribution in [1.29, 1.82) is 0 Å². The van der Waals surface area contributed by atoms with Crippen molar-refractivity contribution in [3.05, 3.63) is 29.8 Å². The largest absolute Gasteiger partial charge is 0.0865 e. The average Bonchev–Trinajstić information content (AvgIpc) is 1.77. The van der Waals surface area contributed by atoms with Gasteiger partial charge in [0.25, 0.3) is 0 Å². The first-order valence-electron chi connectivity index (χ1n) is 2.67. The van der Waals surface area contributed by atoms with E-state index in [9.17, 15) is 0 Å². The van der Waals surface area contributed by atoms with Crippen LogP contribution in [0.25, 0.3) is 0 Å². The van der Waals surface area contributed by atoms with Crippen LogP contribution in [0, 0.1) is 6.92 Å². The van der Waals surface area contributed by atoms with Gasteiger partial charge in [-0.15, -0.1) is 0 Å². The Kier molecular flexibility index (Phi) is 1.65. The third-order valence-corrected chi connectivity index (χ3v) is 1.59. The lowest BCUT2D eigenvalue weighted by Crippen LogP contribution is -1.85. The van der Waals surface area contributed by atoms with Crippen molar-refractivity contribution in [2.24, 2.45) is 0 Å². The summed E-state index contributed by atoms with van der Waals surface area (Å²) < 4.78 is 0. The molecule has 0 fully saturated rings. The molecule has 0 heterocycles. The van der Waals surface area contributed by atoms with Gasteiger partial charge in [-0.2, -0.15) is 0 Å². The lowest BCUT2D eigenvalue weighted by atomic mass is 10.2. The Hall–Kier alpha value is -0.350. The molecule has 1 heteroatoms. The molecule has 0 bridgehead atoms. The molecule has 0 saturated carbocycles. The van der Waals surface area contributed by atoms with Gasteiger partial charge in [0.2, 0.25) is 0 Å². The Balaban J connectivity index is 3.03. The molecule has 0 aromatic heterocycles. The van der Waals surface area contributed by atoms with E-state index in [0.717, 1.165) is 0 Å². The molecule has 1 atom stereocenters. The van der Waals surface area contributed by atoms with E-state index in [-0.39, 0.29) is 0 Å². The molecule has 1 unspecified atom stereocenters. The van der Waals surface area contributed by atoms with Crippen molar-refractivity contribution in [3.8, 4) is 0 Å². The fourth-order valence-electron chi connectivity index (χ4n) is 0.588. The van der Waals surface area contributed by atoms with Crippen molar-refractivity contribution < 1.29 is 0 Å². The second-order valence-corrected chi connectivity index (χ2v) is 2.80. The van der Waals surface area contributed by atoms with E-state index in [1.165, 1.54) is 10.9 Å². The van der Waals surface area contributed by atoms with Gasteiger partial charge < -0.3 is 0 Å². The summed E-state index contributed by atoms with van der Waals surface area (Å²) in [6.45, 7) is 2.10. The van der Waals surface area contributed by atoms with Crippen LogP contribution in [-0.2, 0) is 0 Å². The maximum Gasteiger partial charge on any atom is 0.0865 e. The quantitative estimate of drug-likeness (QED) is 0.457.